The maximum absolute atomic E-state index is 12.9. The van der Waals surface area contributed by atoms with E-state index in [2.05, 4.69) is 10.0 Å². The molecule has 0 aliphatic carbocycles. The SMILES string of the molecule is CS(=O)(=O)NCCNC(=O)[C@H]1CC(=O)N(c2ccc(F)cc2)C1. The fraction of sp³-hybridized carbons (Fsp3) is 0.429. The second-order valence-corrected chi connectivity index (χ2v) is 7.17. The average Bonchev–Trinajstić information content (AvgIpc) is 2.85. The molecule has 0 unspecified atom stereocenters. The van der Waals surface area contributed by atoms with Crippen LogP contribution in [0, 0.1) is 11.7 Å². The second kappa shape index (κ2) is 7.05. The summed E-state index contributed by atoms with van der Waals surface area (Å²) in [6.45, 7) is 0.454. The van der Waals surface area contributed by atoms with Gasteiger partial charge in [-0.1, -0.05) is 0 Å². The summed E-state index contributed by atoms with van der Waals surface area (Å²) in [5.74, 6) is -1.41. The van der Waals surface area contributed by atoms with Crippen LogP contribution in [0.15, 0.2) is 24.3 Å². The van der Waals surface area contributed by atoms with Crippen LogP contribution in [0.25, 0.3) is 0 Å². The van der Waals surface area contributed by atoms with Crippen LogP contribution in [0.3, 0.4) is 0 Å². The van der Waals surface area contributed by atoms with E-state index in [1.165, 1.54) is 29.2 Å². The Kier molecular flexibility index (Phi) is 5.32. The summed E-state index contributed by atoms with van der Waals surface area (Å²) < 4.78 is 37.0. The van der Waals surface area contributed by atoms with E-state index in [1.807, 2.05) is 0 Å². The summed E-state index contributed by atoms with van der Waals surface area (Å²) in [5.41, 5.74) is 0.547. The van der Waals surface area contributed by atoms with Gasteiger partial charge in [0.25, 0.3) is 0 Å². The van der Waals surface area contributed by atoms with Crippen LogP contribution in [0.2, 0.25) is 0 Å². The van der Waals surface area contributed by atoms with E-state index in [1.54, 1.807) is 0 Å². The zero-order valence-corrected chi connectivity index (χ0v) is 13.4. The van der Waals surface area contributed by atoms with Gasteiger partial charge in [-0.15, -0.1) is 0 Å². The van der Waals surface area contributed by atoms with Crippen LogP contribution >= 0.6 is 0 Å². The second-order valence-electron chi connectivity index (χ2n) is 5.34. The standard InChI is InChI=1S/C14H18FN3O4S/c1-23(21,22)17-7-6-16-14(20)10-8-13(19)18(9-10)12-4-2-11(15)3-5-12/h2-5,10,17H,6-9H2,1H3,(H,16,20)/t10-/m0/s1. The first kappa shape index (κ1) is 17.4. The number of rotatable bonds is 6. The fourth-order valence-corrected chi connectivity index (χ4v) is 2.79. The lowest BCUT2D eigenvalue weighted by Gasteiger charge is -2.16. The molecular weight excluding hydrogens is 325 g/mol. The molecule has 0 bridgehead atoms. The maximum atomic E-state index is 12.9. The van der Waals surface area contributed by atoms with Gasteiger partial charge in [0.1, 0.15) is 5.82 Å². The predicted octanol–water partition coefficient (Wildman–Crippen LogP) is -0.156. The van der Waals surface area contributed by atoms with Crippen LogP contribution in [0.4, 0.5) is 10.1 Å². The molecule has 1 aliphatic heterocycles. The minimum atomic E-state index is -3.29. The van der Waals surface area contributed by atoms with E-state index >= 15 is 0 Å². The molecule has 1 heterocycles. The molecule has 1 atom stereocenters. The number of halogens is 1. The zero-order chi connectivity index (χ0) is 17.0. The van der Waals surface area contributed by atoms with Crippen molar-refractivity contribution in [3.63, 3.8) is 0 Å². The average molecular weight is 343 g/mol. The summed E-state index contributed by atoms with van der Waals surface area (Å²) in [4.78, 5) is 25.5. The largest absolute Gasteiger partial charge is 0.354 e. The van der Waals surface area contributed by atoms with Crippen molar-refractivity contribution < 1.29 is 22.4 Å². The van der Waals surface area contributed by atoms with Crippen molar-refractivity contribution in [1.82, 2.24) is 10.0 Å². The molecule has 0 spiro atoms. The van der Waals surface area contributed by atoms with Crippen molar-refractivity contribution in [3.05, 3.63) is 30.1 Å². The van der Waals surface area contributed by atoms with Crippen molar-refractivity contribution in [3.8, 4) is 0 Å². The first-order valence-corrected chi connectivity index (χ1v) is 8.93. The third-order valence-electron chi connectivity index (χ3n) is 3.42. The lowest BCUT2D eigenvalue weighted by Crippen LogP contribution is -2.38. The van der Waals surface area contributed by atoms with E-state index in [0.29, 0.717) is 5.69 Å². The Balaban J connectivity index is 1.86. The van der Waals surface area contributed by atoms with Gasteiger partial charge >= 0.3 is 0 Å². The maximum Gasteiger partial charge on any atom is 0.227 e. The number of hydrogen-bond donors (Lipinski definition) is 2. The highest BCUT2D eigenvalue weighted by Crippen LogP contribution is 2.25. The molecule has 0 aromatic heterocycles. The Morgan fingerprint density at radius 1 is 1.30 bits per heavy atom. The van der Waals surface area contributed by atoms with E-state index in [-0.39, 0.29) is 37.9 Å². The molecule has 2 rings (SSSR count). The van der Waals surface area contributed by atoms with Gasteiger partial charge in [0.15, 0.2) is 0 Å². The smallest absolute Gasteiger partial charge is 0.227 e. The van der Waals surface area contributed by atoms with Gasteiger partial charge in [-0.3, -0.25) is 9.59 Å². The van der Waals surface area contributed by atoms with E-state index in [4.69, 9.17) is 0 Å². The third-order valence-corrected chi connectivity index (χ3v) is 4.15. The van der Waals surface area contributed by atoms with Gasteiger partial charge in [-0.05, 0) is 24.3 Å². The monoisotopic (exact) mass is 343 g/mol. The first-order chi connectivity index (χ1) is 10.8. The lowest BCUT2D eigenvalue weighted by molar-refractivity contribution is -0.126. The zero-order valence-electron chi connectivity index (χ0n) is 12.6. The Hall–Kier alpha value is -2.00. The van der Waals surface area contributed by atoms with Crippen LogP contribution in [0.1, 0.15) is 6.42 Å². The molecule has 2 N–H and O–H groups in total. The van der Waals surface area contributed by atoms with Gasteiger partial charge in [-0.2, -0.15) is 0 Å². The topological polar surface area (TPSA) is 95.6 Å². The Morgan fingerprint density at radius 3 is 2.57 bits per heavy atom. The number of hydrogen-bond acceptors (Lipinski definition) is 4. The Labute approximate surface area is 133 Å². The van der Waals surface area contributed by atoms with Crippen molar-refractivity contribution in [1.29, 1.82) is 0 Å². The normalized spacial score (nSPS) is 18.3. The molecule has 2 amide bonds. The predicted molar refractivity (Wildman–Crippen MR) is 82.7 cm³/mol. The molecule has 1 aromatic carbocycles. The quantitative estimate of drug-likeness (QED) is 0.702. The van der Waals surface area contributed by atoms with Crippen LogP contribution < -0.4 is 14.9 Å². The van der Waals surface area contributed by atoms with Gasteiger partial charge < -0.3 is 10.2 Å². The number of nitrogens with zero attached hydrogens (tertiary/aromatic N) is 1. The van der Waals surface area contributed by atoms with Crippen molar-refractivity contribution in [2.24, 2.45) is 5.92 Å². The Bertz CT molecular complexity index is 690. The number of carbonyl (C=O) groups is 2. The minimum absolute atomic E-state index is 0.0721. The molecule has 1 saturated heterocycles. The Morgan fingerprint density at radius 2 is 1.96 bits per heavy atom. The van der Waals surface area contributed by atoms with Crippen LogP contribution in [-0.2, 0) is 19.6 Å². The van der Waals surface area contributed by atoms with E-state index < -0.39 is 21.8 Å². The first-order valence-electron chi connectivity index (χ1n) is 7.04. The van der Waals surface area contributed by atoms with Crippen LogP contribution in [0.5, 0.6) is 0 Å². The molecule has 0 saturated carbocycles. The van der Waals surface area contributed by atoms with Crippen LogP contribution in [-0.4, -0.2) is 46.1 Å². The summed E-state index contributed by atoms with van der Waals surface area (Å²) >= 11 is 0. The number of sulfonamides is 1. The molecule has 0 radical (unpaired) electrons. The summed E-state index contributed by atoms with van der Waals surface area (Å²) in [6, 6.07) is 5.49. The summed E-state index contributed by atoms with van der Waals surface area (Å²) in [6.07, 6.45) is 1.10. The third kappa shape index (κ3) is 5.00. The molecule has 7 nitrogen and oxygen atoms in total. The van der Waals surface area contributed by atoms with Gasteiger partial charge in [0.2, 0.25) is 21.8 Å². The van der Waals surface area contributed by atoms with E-state index in [0.717, 1.165) is 6.26 Å². The van der Waals surface area contributed by atoms with Gasteiger partial charge in [0.05, 0.1) is 12.2 Å². The van der Waals surface area contributed by atoms with Crippen molar-refractivity contribution >= 4 is 27.5 Å². The fourth-order valence-electron chi connectivity index (χ4n) is 2.32. The highest BCUT2D eigenvalue weighted by atomic mass is 32.2. The number of benzene rings is 1. The van der Waals surface area contributed by atoms with Crippen molar-refractivity contribution in [2.75, 3.05) is 30.8 Å². The highest BCUT2D eigenvalue weighted by Gasteiger charge is 2.34. The molecular formula is C14H18FN3O4S. The molecule has 1 fully saturated rings. The van der Waals surface area contributed by atoms with E-state index in [9.17, 15) is 22.4 Å². The van der Waals surface area contributed by atoms with Gasteiger partial charge in [0, 0.05) is 31.7 Å². The van der Waals surface area contributed by atoms with Gasteiger partial charge in [-0.25, -0.2) is 17.5 Å². The minimum Gasteiger partial charge on any atom is -0.354 e. The molecule has 126 valence electrons. The van der Waals surface area contributed by atoms with Crippen molar-refractivity contribution in [2.45, 2.75) is 6.42 Å². The summed E-state index contributed by atoms with van der Waals surface area (Å²) in [7, 11) is -3.29. The number of carbonyl (C=O) groups excluding carboxylic acids is 2. The highest BCUT2D eigenvalue weighted by molar-refractivity contribution is 7.88. The summed E-state index contributed by atoms with van der Waals surface area (Å²) in [5, 5.41) is 2.59. The lowest BCUT2D eigenvalue weighted by atomic mass is 10.1. The number of anilines is 1. The molecule has 1 aromatic rings. The number of nitrogens with one attached hydrogen (secondary N) is 2. The number of amides is 2. The molecule has 23 heavy (non-hydrogen) atoms. The molecule has 9 heteroatoms. The molecule has 1 aliphatic rings.